The maximum Gasteiger partial charge on any atom is 0.340 e. The number of hydrogen-bond acceptors (Lipinski definition) is 5. The zero-order valence-corrected chi connectivity index (χ0v) is 8.61. The molecule has 5 heteroatoms. The first-order valence-electron chi connectivity index (χ1n) is 4.43. The molecule has 0 spiro atoms. The van der Waals surface area contributed by atoms with Crippen LogP contribution in [-0.4, -0.2) is 24.8 Å². The van der Waals surface area contributed by atoms with Gasteiger partial charge < -0.3 is 20.3 Å². The lowest BCUT2D eigenvalue weighted by atomic mass is 10.1. The third-order valence-electron chi connectivity index (χ3n) is 1.85. The number of nitrogen functional groups attached to an aromatic ring is 1. The Bertz CT molecular complexity index is 376. The highest BCUT2D eigenvalue weighted by Gasteiger charge is 2.14. The topological polar surface area (TPSA) is 81.8 Å². The van der Waals surface area contributed by atoms with Crippen molar-refractivity contribution in [3.8, 4) is 11.5 Å². The van der Waals surface area contributed by atoms with E-state index in [1.165, 1.54) is 19.2 Å². The Morgan fingerprint density at radius 1 is 1.53 bits per heavy atom. The lowest BCUT2D eigenvalue weighted by Gasteiger charge is -2.08. The van der Waals surface area contributed by atoms with Crippen LogP contribution in [0.5, 0.6) is 11.5 Å². The van der Waals surface area contributed by atoms with E-state index < -0.39 is 5.97 Å². The number of phenols is 1. The largest absolute Gasteiger partial charge is 0.504 e. The smallest absolute Gasteiger partial charge is 0.340 e. The van der Waals surface area contributed by atoms with Gasteiger partial charge in [0.2, 0.25) is 0 Å². The Balaban J connectivity index is 3.10. The molecular weight excluding hydrogens is 198 g/mol. The van der Waals surface area contributed by atoms with Crippen LogP contribution in [-0.2, 0) is 4.74 Å². The lowest BCUT2D eigenvalue weighted by Crippen LogP contribution is -2.08. The number of hydrogen-bond donors (Lipinski definition) is 2. The van der Waals surface area contributed by atoms with E-state index in [1.54, 1.807) is 6.92 Å². The number of rotatable bonds is 3. The first kappa shape index (κ1) is 11.2. The molecule has 3 N–H and O–H groups in total. The van der Waals surface area contributed by atoms with Crippen molar-refractivity contribution in [1.82, 2.24) is 0 Å². The molecule has 1 aromatic carbocycles. The fourth-order valence-corrected chi connectivity index (χ4v) is 1.13. The van der Waals surface area contributed by atoms with Crippen LogP contribution in [0.4, 0.5) is 5.69 Å². The number of aromatic hydroxyl groups is 1. The molecule has 0 unspecified atom stereocenters. The minimum atomic E-state index is -0.562. The van der Waals surface area contributed by atoms with Crippen molar-refractivity contribution in [2.45, 2.75) is 6.92 Å². The van der Waals surface area contributed by atoms with E-state index in [9.17, 15) is 9.90 Å². The van der Waals surface area contributed by atoms with Gasteiger partial charge in [0.1, 0.15) is 0 Å². The molecule has 82 valence electrons. The average Bonchev–Trinajstić information content (AvgIpc) is 2.21. The number of methoxy groups -OCH3 is 1. The Morgan fingerprint density at radius 2 is 2.20 bits per heavy atom. The van der Waals surface area contributed by atoms with E-state index >= 15 is 0 Å². The summed E-state index contributed by atoms with van der Waals surface area (Å²) in [6.07, 6.45) is 0. The molecule has 5 nitrogen and oxygen atoms in total. The minimum absolute atomic E-state index is 0.134. The first-order valence-corrected chi connectivity index (χ1v) is 4.43. The molecule has 0 radical (unpaired) electrons. The molecule has 0 saturated heterocycles. The fraction of sp³-hybridized carbons (Fsp3) is 0.300. The van der Waals surface area contributed by atoms with Gasteiger partial charge in [-0.15, -0.1) is 0 Å². The van der Waals surface area contributed by atoms with Crippen LogP contribution < -0.4 is 10.5 Å². The van der Waals surface area contributed by atoms with Gasteiger partial charge in [0.05, 0.1) is 25.0 Å². The number of nitrogens with two attached hydrogens (primary N) is 1. The molecular formula is C10H13NO4. The van der Waals surface area contributed by atoms with Gasteiger partial charge in [0.25, 0.3) is 0 Å². The highest BCUT2D eigenvalue weighted by Crippen LogP contribution is 2.31. The molecule has 0 aliphatic heterocycles. The molecule has 0 amide bonds. The number of carbonyl (C=O) groups excluding carboxylic acids is 1. The number of esters is 1. The second-order valence-corrected chi connectivity index (χ2v) is 2.83. The lowest BCUT2D eigenvalue weighted by molar-refractivity contribution is 0.0527. The minimum Gasteiger partial charge on any atom is -0.504 e. The summed E-state index contributed by atoms with van der Waals surface area (Å²) >= 11 is 0. The summed E-state index contributed by atoms with van der Waals surface area (Å²) in [7, 11) is 1.40. The second kappa shape index (κ2) is 4.54. The first-order chi connectivity index (χ1) is 7.10. The van der Waals surface area contributed by atoms with Crippen LogP contribution in [0.1, 0.15) is 17.3 Å². The van der Waals surface area contributed by atoms with Crippen molar-refractivity contribution in [1.29, 1.82) is 0 Å². The van der Waals surface area contributed by atoms with E-state index in [-0.39, 0.29) is 29.4 Å². The zero-order valence-electron chi connectivity index (χ0n) is 8.61. The van der Waals surface area contributed by atoms with Gasteiger partial charge in [-0.25, -0.2) is 4.79 Å². The summed E-state index contributed by atoms with van der Waals surface area (Å²) in [5, 5.41) is 9.44. The molecule has 0 aromatic heterocycles. The van der Waals surface area contributed by atoms with E-state index in [2.05, 4.69) is 0 Å². The van der Waals surface area contributed by atoms with Gasteiger partial charge in [0, 0.05) is 12.1 Å². The molecule has 1 aromatic rings. The molecule has 0 aliphatic carbocycles. The number of phenolic OH excluding ortho intramolecular Hbond substituents is 1. The molecule has 0 bridgehead atoms. The van der Waals surface area contributed by atoms with Crippen molar-refractivity contribution in [2.24, 2.45) is 0 Å². The van der Waals surface area contributed by atoms with Gasteiger partial charge in [-0.2, -0.15) is 0 Å². The van der Waals surface area contributed by atoms with Crippen LogP contribution in [0.2, 0.25) is 0 Å². The number of benzene rings is 1. The van der Waals surface area contributed by atoms with Crippen molar-refractivity contribution in [2.75, 3.05) is 19.5 Å². The number of anilines is 1. The third-order valence-corrected chi connectivity index (χ3v) is 1.85. The predicted octanol–water partition coefficient (Wildman–Crippen LogP) is 1.16. The van der Waals surface area contributed by atoms with E-state index in [4.69, 9.17) is 15.2 Å². The Kier molecular flexibility index (Phi) is 3.38. The fourth-order valence-electron chi connectivity index (χ4n) is 1.13. The zero-order chi connectivity index (χ0) is 11.4. The highest BCUT2D eigenvalue weighted by atomic mass is 16.5. The molecule has 0 atom stereocenters. The van der Waals surface area contributed by atoms with Crippen molar-refractivity contribution in [3.05, 3.63) is 17.7 Å². The summed E-state index contributed by atoms with van der Waals surface area (Å²) in [5.74, 6) is -0.483. The van der Waals surface area contributed by atoms with Crippen molar-refractivity contribution >= 4 is 11.7 Å². The number of ether oxygens (including phenoxy) is 2. The van der Waals surface area contributed by atoms with Gasteiger partial charge in [-0.05, 0) is 6.92 Å². The van der Waals surface area contributed by atoms with Gasteiger partial charge >= 0.3 is 5.97 Å². The molecule has 0 heterocycles. The average molecular weight is 211 g/mol. The Hall–Kier alpha value is -1.91. The van der Waals surface area contributed by atoms with Crippen LogP contribution in [0.25, 0.3) is 0 Å². The standard InChI is InChI=1S/C10H13NO4/c1-3-15-10(13)6-4-8(12)9(14-2)5-7(6)11/h4-5,12H,3,11H2,1-2H3. The van der Waals surface area contributed by atoms with Gasteiger partial charge in [0.15, 0.2) is 11.5 Å². The summed E-state index contributed by atoms with van der Waals surface area (Å²) in [6, 6.07) is 2.60. The van der Waals surface area contributed by atoms with Crippen LogP contribution >= 0.6 is 0 Å². The van der Waals surface area contributed by atoms with E-state index in [0.717, 1.165) is 0 Å². The second-order valence-electron chi connectivity index (χ2n) is 2.83. The quantitative estimate of drug-likeness (QED) is 0.445. The number of carbonyl (C=O) groups is 1. The molecule has 1 rings (SSSR count). The molecule has 15 heavy (non-hydrogen) atoms. The monoisotopic (exact) mass is 211 g/mol. The Labute approximate surface area is 87.4 Å². The van der Waals surface area contributed by atoms with Gasteiger partial charge in [-0.1, -0.05) is 0 Å². The summed E-state index contributed by atoms with van der Waals surface area (Å²) in [5.41, 5.74) is 5.95. The van der Waals surface area contributed by atoms with E-state index in [0.29, 0.717) is 0 Å². The van der Waals surface area contributed by atoms with Crippen molar-refractivity contribution in [3.63, 3.8) is 0 Å². The van der Waals surface area contributed by atoms with Gasteiger partial charge in [-0.3, -0.25) is 0 Å². The maximum atomic E-state index is 11.4. The maximum absolute atomic E-state index is 11.4. The highest BCUT2D eigenvalue weighted by molar-refractivity contribution is 5.96. The Morgan fingerprint density at radius 3 is 2.73 bits per heavy atom. The summed E-state index contributed by atoms with van der Waals surface area (Å²) in [4.78, 5) is 11.4. The van der Waals surface area contributed by atoms with Crippen LogP contribution in [0.15, 0.2) is 12.1 Å². The molecule has 0 aliphatic rings. The summed E-state index contributed by atoms with van der Waals surface area (Å²) < 4.78 is 9.60. The molecule has 0 fully saturated rings. The molecule has 0 saturated carbocycles. The summed E-state index contributed by atoms with van der Waals surface area (Å²) in [6.45, 7) is 1.95. The van der Waals surface area contributed by atoms with Crippen LogP contribution in [0.3, 0.4) is 0 Å². The normalized spacial score (nSPS) is 9.73. The SMILES string of the molecule is CCOC(=O)c1cc(O)c(OC)cc1N. The third kappa shape index (κ3) is 2.31. The van der Waals surface area contributed by atoms with Crippen LogP contribution in [0, 0.1) is 0 Å². The predicted molar refractivity (Wildman–Crippen MR) is 55.0 cm³/mol. The van der Waals surface area contributed by atoms with E-state index in [1.807, 2.05) is 0 Å². The van der Waals surface area contributed by atoms with Crippen molar-refractivity contribution < 1.29 is 19.4 Å².